The number of rotatable bonds is 4. The Balaban J connectivity index is 1.35. The van der Waals surface area contributed by atoms with Crippen LogP contribution in [0.1, 0.15) is 53.9 Å². The summed E-state index contributed by atoms with van der Waals surface area (Å²) in [5.74, 6) is 0. The number of likely N-dealkylation sites (tertiary alicyclic amines) is 1. The molecule has 1 saturated heterocycles. The molecule has 150 valence electrons. The first kappa shape index (κ1) is 18.1. The lowest BCUT2D eigenvalue weighted by atomic mass is 9.95. The van der Waals surface area contributed by atoms with Gasteiger partial charge in [-0.05, 0) is 50.6 Å². The lowest BCUT2D eigenvalue weighted by molar-refractivity contribution is 0.107. The first-order valence-corrected chi connectivity index (χ1v) is 10.6. The molecule has 0 aromatic carbocycles. The molecule has 4 heterocycles. The Labute approximate surface area is 165 Å². The Morgan fingerprint density at radius 1 is 1.14 bits per heavy atom. The molecular weight excluding hydrogens is 354 g/mol. The highest BCUT2D eigenvalue weighted by molar-refractivity contribution is 5.28. The van der Waals surface area contributed by atoms with Gasteiger partial charge in [-0.1, -0.05) is 0 Å². The van der Waals surface area contributed by atoms with Crippen molar-refractivity contribution in [2.45, 2.75) is 70.7 Å². The summed E-state index contributed by atoms with van der Waals surface area (Å²) in [4.78, 5) is 15.1. The molecule has 1 fully saturated rings. The molecule has 2 aromatic rings. The lowest BCUT2D eigenvalue weighted by Crippen LogP contribution is -2.38. The summed E-state index contributed by atoms with van der Waals surface area (Å²) in [5.41, 5.74) is 6.12. The van der Waals surface area contributed by atoms with Crippen molar-refractivity contribution in [1.29, 1.82) is 0 Å². The van der Waals surface area contributed by atoms with Crippen LogP contribution in [0.3, 0.4) is 0 Å². The minimum atomic E-state index is -0.00554. The van der Waals surface area contributed by atoms with Crippen LogP contribution >= 0.6 is 0 Å². The number of hydrogen-bond donors (Lipinski definition) is 0. The molecule has 0 radical (unpaired) electrons. The summed E-state index contributed by atoms with van der Waals surface area (Å²) in [6.07, 6.45) is 7.90. The van der Waals surface area contributed by atoms with Crippen molar-refractivity contribution >= 4 is 0 Å². The molecular formula is C21H29N5O2. The average Bonchev–Trinajstić information content (AvgIpc) is 3.27. The number of aromatic nitrogens is 4. The van der Waals surface area contributed by atoms with Gasteiger partial charge in [-0.2, -0.15) is 10.2 Å². The summed E-state index contributed by atoms with van der Waals surface area (Å²) in [5, 5.41) is 9.45. The summed E-state index contributed by atoms with van der Waals surface area (Å²) in [7, 11) is 2.08. The van der Waals surface area contributed by atoms with Gasteiger partial charge in [0.1, 0.15) is 0 Å². The van der Waals surface area contributed by atoms with E-state index in [9.17, 15) is 4.79 Å². The van der Waals surface area contributed by atoms with E-state index in [0.717, 1.165) is 50.0 Å². The van der Waals surface area contributed by atoms with E-state index in [-0.39, 0.29) is 5.56 Å². The molecule has 0 bridgehead atoms. The summed E-state index contributed by atoms with van der Waals surface area (Å²) >= 11 is 0. The molecule has 7 heteroatoms. The largest absolute Gasteiger partial charge is 0.376 e. The summed E-state index contributed by atoms with van der Waals surface area (Å²) < 4.78 is 9.23. The highest BCUT2D eigenvalue weighted by Gasteiger charge is 2.29. The second-order valence-corrected chi connectivity index (χ2v) is 8.41. The zero-order valence-corrected chi connectivity index (χ0v) is 16.7. The average molecular weight is 383 g/mol. The van der Waals surface area contributed by atoms with E-state index in [2.05, 4.69) is 21.7 Å². The molecule has 5 rings (SSSR count). The topological polar surface area (TPSA) is 65.2 Å². The molecule has 0 spiro atoms. The maximum Gasteiger partial charge on any atom is 0.267 e. The van der Waals surface area contributed by atoms with Crippen LogP contribution in [0.2, 0.25) is 0 Å². The van der Waals surface area contributed by atoms with Crippen molar-refractivity contribution in [3.63, 3.8) is 0 Å². The van der Waals surface area contributed by atoms with Gasteiger partial charge in [0.2, 0.25) is 0 Å². The molecule has 0 amide bonds. The third-order valence-corrected chi connectivity index (χ3v) is 6.59. The van der Waals surface area contributed by atoms with E-state index >= 15 is 0 Å². The molecule has 28 heavy (non-hydrogen) atoms. The van der Waals surface area contributed by atoms with Crippen LogP contribution in [0.5, 0.6) is 0 Å². The van der Waals surface area contributed by atoms with E-state index in [4.69, 9.17) is 9.84 Å². The van der Waals surface area contributed by atoms with Gasteiger partial charge in [0.25, 0.3) is 5.56 Å². The minimum Gasteiger partial charge on any atom is -0.376 e. The first-order chi connectivity index (χ1) is 13.7. The molecule has 3 aliphatic rings. The number of ether oxygens (including phenoxy) is 1. The normalized spacial score (nSPS) is 22.2. The van der Waals surface area contributed by atoms with Crippen LogP contribution in [0.4, 0.5) is 0 Å². The molecule has 7 nitrogen and oxygen atoms in total. The van der Waals surface area contributed by atoms with Gasteiger partial charge in [-0.15, -0.1) is 0 Å². The fourth-order valence-corrected chi connectivity index (χ4v) is 5.03. The van der Waals surface area contributed by atoms with Crippen molar-refractivity contribution in [1.82, 2.24) is 24.5 Å². The molecule has 1 unspecified atom stereocenters. The third kappa shape index (κ3) is 3.31. The van der Waals surface area contributed by atoms with Gasteiger partial charge < -0.3 is 4.74 Å². The molecule has 1 aliphatic carbocycles. The maximum absolute atomic E-state index is 12.6. The molecule has 2 aliphatic heterocycles. The van der Waals surface area contributed by atoms with Crippen molar-refractivity contribution < 1.29 is 4.74 Å². The van der Waals surface area contributed by atoms with Gasteiger partial charge in [-0.25, -0.2) is 4.68 Å². The Morgan fingerprint density at radius 2 is 2.04 bits per heavy atom. The predicted octanol–water partition coefficient (Wildman–Crippen LogP) is 1.59. The van der Waals surface area contributed by atoms with Crippen molar-refractivity contribution in [3.8, 4) is 0 Å². The molecule has 0 N–H and O–H groups in total. The Hall–Kier alpha value is -1.99. The smallest absolute Gasteiger partial charge is 0.267 e. The fourth-order valence-electron chi connectivity index (χ4n) is 5.03. The third-order valence-electron chi connectivity index (χ3n) is 6.59. The zero-order chi connectivity index (χ0) is 19.1. The van der Waals surface area contributed by atoms with Crippen LogP contribution in [0.25, 0.3) is 0 Å². The van der Waals surface area contributed by atoms with Crippen molar-refractivity contribution in [2.24, 2.45) is 7.05 Å². The van der Waals surface area contributed by atoms with Crippen LogP contribution in [0.15, 0.2) is 10.9 Å². The predicted molar refractivity (Wildman–Crippen MR) is 105 cm³/mol. The summed E-state index contributed by atoms with van der Waals surface area (Å²) in [6, 6.07) is 2.08. The Bertz CT molecular complexity index is 932. The van der Waals surface area contributed by atoms with E-state index in [1.54, 1.807) is 10.7 Å². The standard InChI is InChI=1S/C21H29N5O2/c1-24-20(17-6-2-3-7-19(17)22-24)13-25-9-4-5-16(25)12-26-21(27)11-15-14-28-10-8-18(15)23-26/h11,16H,2-10,12-14H2,1H3. The monoisotopic (exact) mass is 383 g/mol. The number of hydrogen-bond acceptors (Lipinski definition) is 5. The van der Waals surface area contributed by atoms with E-state index in [1.807, 2.05) is 0 Å². The van der Waals surface area contributed by atoms with Gasteiger partial charge in [0.05, 0.1) is 36.8 Å². The minimum absolute atomic E-state index is 0.00554. The Kier molecular flexibility index (Phi) is 4.80. The van der Waals surface area contributed by atoms with E-state index < -0.39 is 0 Å². The summed E-state index contributed by atoms with van der Waals surface area (Å²) in [6.45, 7) is 3.89. The van der Waals surface area contributed by atoms with Crippen LogP contribution in [-0.2, 0) is 50.7 Å². The maximum atomic E-state index is 12.6. The van der Waals surface area contributed by atoms with E-state index in [1.165, 1.54) is 36.2 Å². The number of aryl methyl sites for hydroxylation is 2. The SMILES string of the molecule is Cn1nc2c(c1CN1CCCC1Cn1nc3c(cc1=O)COCC3)CCCC2. The van der Waals surface area contributed by atoms with Gasteiger partial charge in [0.15, 0.2) is 0 Å². The fraction of sp³-hybridized carbons (Fsp3) is 0.667. The lowest BCUT2D eigenvalue weighted by Gasteiger charge is -2.26. The number of nitrogens with zero attached hydrogens (tertiary/aromatic N) is 5. The number of fused-ring (bicyclic) bond motifs is 2. The van der Waals surface area contributed by atoms with Crippen molar-refractivity contribution in [3.05, 3.63) is 44.6 Å². The highest BCUT2D eigenvalue weighted by Crippen LogP contribution is 2.27. The van der Waals surface area contributed by atoms with Gasteiger partial charge >= 0.3 is 0 Å². The quantitative estimate of drug-likeness (QED) is 0.802. The second kappa shape index (κ2) is 7.44. The van der Waals surface area contributed by atoms with Gasteiger partial charge in [0, 0.05) is 37.7 Å². The highest BCUT2D eigenvalue weighted by atomic mass is 16.5. The first-order valence-electron chi connectivity index (χ1n) is 10.6. The van der Waals surface area contributed by atoms with Crippen LogP contribution < -0.4 is 5.56 Å². The van der Waals surface area contributed by atoms with Crippen LogP contribution in [0, 0.1) is 0 Å². The second-order valence-electron chi connectivity index (χ2n) is 8.41. The zero-order valence-electron chi connectivity index (χ0n) is 16.7. The Morgan fingerprint density at radius 3 is 2.96 bits per heavy atom. The molecule has 0 saturated carbocycles. The van der Waals surface area contributed by atoms with Crippen molar-refractivity contribution in [2.75, 3.05) is 13.2 Å². The molecule has 2 aromatic heterocycles. The van der Waals surface area contributed by atoms with Crippen LogP contribution in [-0.4, -0.2) is 43.7 Å². The van der Waals surface area contributed by atoms with E-state index in [0.29, 0.717) is 25.8 Å². The van der Waals surface area contributed by atoms with Gasteiger partial charge in [-0.3, -0.25) is 14.4 Å². The molecule has 1 atom stereocenters.